The van der Waals surface area contributed by atoms with E-state index in [2.05, 4.69) is 60.7 Å². The van der Waals surface area contributed by atoms with Gasteiger partial charge in [-0.3, -0.25) is 0 Å². The zero-order valence-electron chi connectivity index (χ0n) is 10.8. The third-order valence-corrected chi connectivity index (χ3v) is 3.16. The molecule has 0 N–H and O–H groups in total. The van der Waals surface area contributed by atoms with Gasteiger partial charge in [0.2, 0.25) is 0 Å². The van der Waals surface area contributed by atoms with E-state index in [1.54, 1.807) is 0 Å². The maximum atomic E-state index is 5.57. The van der Waals surface area contributed by atoms with Crippen LogP contribution in [-0.4, -0.2) is 6.61 Å². The number of rotatable bonds is 2. The second-order valence-electron chi connectivity index (χ2n) is 4.57. The Balaban J connectivity index is 1.83. The van der Waals surface area contributed by atoms with E-state index < -0.39 is 0 Å². The smallest absolute Gasteiger partial charge is 0.119 e. The Morgan fingerprint density at radius 3 is 2.26 bits per heavy atom. The highest BCUT2D eigenvalue weighted by atomic mass is 16.5. The zero-order valence-corrected chi connectivity index (χ0v) is 10.8. The van der Waals surface area contributed by atoms with Crippen LogP contribution in [0.15, 0.2) is 72.5 Å². The fourth-order valence-corrected chi connectivity index (χ4v) is 2.15. The van der Waals surface area contributed by atoms with Gasteiger partial charge < -0.3 is 4.74 Å². The molecule has 0 saturated carbocycles. The number of allylic oxidation sites excluding steroid dienone is 1. The fraction of sp³-hybridized carbons (Fsp3) is 0.111. The normalized spacial score (nSPS) is 16.3. The minimum absolute atomic E-state index is 0.782. The lowest BCUT2D eigenvalue weighted by Gasteiger charge is -2.10. The van der Waals surface area contributed by atoms with Gasteiger partial charge in [-0.25, -0.2) is 0 Å². The number of hydrogen-bond donors (Lipinski definition) is 0. The first kappa shape index (κ1) is 11.8. The minimum atomic E-state index is 0.782. The topological polar surface area (TPSA) is 9.23 Å². The lowest BCUT2D eigenvalue weighted by Crippen LogP contribution is -1.96. The summed E-state index contributed by atoms with van der Waals surface area (Å²) in [6.07, 6.45) is 7.26. The molecule has 0 fully saturated rings. The van der Waals surface area contributed by atoms with Gasteiger partial charge in [0.25, 0.3) is 0 Å². The maximum absolute atomic E-state index is 5.57. The molecule has 0 unspecified atom stereocenters. The van der Waals surface area contributed by atoms with Gasteiger partial charge in [0.05, 0.1) is 6.61 Å². The molecule has 19 heavy (non-hydrogen) atoms. The van der Waals surface area contributed by atoms with Gasteiger partial charge in [0, 0.05) is 0 Å². The molecular weight excluding hydrogens is 232 g/mol. The Bertz CT molecular complexity index is 591. The summed E-state index contributed by atoms with van der Waals surface area (Å²) in [4.78, 5) is 0. The van der Waals surface area contributed by atoms with Gasteiger partial charge in [-0.15, -0.1) is 0 Å². The molecule has 1 aliphatic rings. The van der Waals surface area contributed by atoms with E-state index in [-0.39, 0.29) is 0 Å². The number of ether oxygens (including phenoxy) is 1. The first-order valence-corrected chi connectivity index (χ1v) is 6.58. The van der Waals surface area contributed by atoms with Crippen molar-refractivity contribution in [3.8, 4) is 11.1 Å². The van der Waals surface area contributed by atoms with Crippen molar-refractivity contribution in [1.29, 1.82) is 0 Å². The summed E-state index contributed by atoms with van der Waals surface area (Å²) in [6.45, 7) is 0.782. The molecule has 3 rings (SSSR count). The van der Waals surface area contributed by atoms with E-state index in [0.717, 1.165) is 18.8 Å². The molecule has 0 aliphatic carbocycles. The van der Waals surface area contributed by atoms with E-state index in [4.69, 9.17) is 4.74 Å². The molecule has 1 aliphatic heterocycles. The number of hydrogen-bond acceptors (Lipinski definition) is 1. The monoisotopic (exact) mass is 248 g/mol. The molecular formula is C18H16O. The summed E-state index contributed by atoms with van der Waals surface area (Å²) in [5, 5.41) is 0. The molecule has 94 valence electrons. The summed E-state index contributed by atoms with van der Waals surface area (Å²) in [7, 11) is 0. The van der Waals surface area contributed by atoms with Crippen LogP contribution in [0.5, 0.6) is 0 Å². The van der Waals surface area contributed by atoms with E-state index in [1.165, 1.54) is 16.7 Å². The van der Waals surface area contributed by atoms with E-state index in [1.807, 2.05) is 12.1 Å². The third kappa shape index (κ3) is 2.94. The summed E-state index contributed by atoms with van der Waals surface area (Å²) in [5.41, 5.74) is 3.65. The molecule has 1 heterocycles. The predicted molar refractivity (Wildman–Crippen MR) is 79.6 cm³/mol. The van der Waals surface area contributed by atoms with Crippen LogP contribution < -0.4 is 0 Å². The van der Waals surface area contributed by atoms with Crippen molar-refractivity contribution >= 4 is 6.08 Å². The summed E-state index contributed by atoms with van der Waals surface area (Å²) in [6, 6.07) is 19.0. The van der Waals surface area contributed by atoms with Gasteiger partial charge >= 0.3 is 0 Å². The SMILES string of the molecule is C1=C/C(=C/c2ccc(-c3ccccc3)cc2)OCC1. The Labute approximate surface area is 113 Å². The zero-order chi connectivity index (χ0) is 12.9. The Morgan fingerprint density at radius 1 is 0.842 bits per heavy atom. The molecule has 0 bridgehead atoms. The fourth-order valence-electron chi connectivity index (χ4n) is 2.15. The van der Waals surface area contributed by atoms with Crippen LogP contribution in [-0.2, 0) is 4.74 Å². The van der Waals surface area contributed by atoms with Crippen LogP contribution in [0.2, 0.25) is 0 Å². The van der Waals surface area contributed by atoms with Crippen molar-refractivity contribution in [3.63, 3.8) is 0 Å². The quantitative estimate of drug-likeness (QED) is 0.750. The van der Waals surface area contributed by atoms with Gasteiger partial charge in [0.1, 0.15) is 5.76 Å². The molecule has 0 radical (unpaired) electrons. The molecule has 2 aromatic rings. The lowest BCUT2D eigenvalue weighted by atomic mass is 10.0. The van der Waals surface area contributed by atoms with Crippen molar-refractivity contribution in [2.75, 3.05) is 6.61 Å². The first-order valence-electron chi connectivity index (χ1n) is 6.58. The van der Waals surface area contributed by atoms with Crippen molar-refractivity contribution in [3.05, 3.63) is 78.1 Å². The van der Waals surface area contributed by atoms with Crippen molar-refractivity contribution < 1.29 is 4.74 Å². The van der Waals surface area contributed by atoms with E-state index in [9.17, 15) is 0 Å². The molecule has 0 saturated heterocycles. The standard InChI is InChI=1S/C18H16O/c1-2-6-16(7-3-1)17-11-9-15(10-12-17)14-18-8-4-5-13-19-18/h1-4,6-12,14H,5,13H2/b18-14-. The Hall–Kier alpha value is -2.28. The molecule has 0 amide bonds. The molecule has 2 aromatic carbocycles. The third-order valence-electron chi connectivity index (χ3n) is 3.16. The van der Waals surface area contributed by atoms with Crippen LogP contribution >= 0.6 is 0 Å². The van der Waals surface area contributed by atoms with Crippen LogP contribution in [0.4, 0.5) is 0 Å². The minimum Gasteiger partial charge on any atom is -0.493 e. The van der Waals surface area contributed by atoms with Gasteiger partial charge in [-0.05, 0) is 35.3 Å². The van der Waals surface area contributed by atoms with Crippen molar-refractivity contribution in [2.45, 2.75) is 6.42 Å². The molecule has 0 spiro atoms. The average Bonchev–Trinajstić information content (AvgIpc) is 2.50. The Kier molecular flexibility index (Phi) is 3.46. The van der Waals surface area contributed by atoms with Crippen LogP contribution in [0, 0.1) is 0 Å². The van der Waals surface area contributed by atoms with E-state index >= 15 is 0 Å². The van der Waals surface area contributed by atoms with Crippen LogP contribution in [0.1, 0.15) is 12.0 Å². The lowest BCUT2D eigenvalue weighted by molar-refractivity contribution is 0.225. The second-order valence-corrected chi connectivity index (χ2v) is 4.57. The van der Waals surface area contributed by atoms with Crippen LogP contribution in [0.25, 0.3) is 17.2 Å². The predicted octanol–water partition coefficient (Wildman–Crippen LogP) is 4.67. The highest BCUT2D eigenvalue weighted by Crippen LogP contribution is 2.21. The molecule has 0 aromatic heterocycles. The maximum Gasteiger partial charge on any atom is 0.119 e. The van der Waals surface area contributed by atoms with Gasteiger partial charge in [-0.1, -0.05) is 60.7 Å². The first-order chi connectivity index (χ1) is 9.42. The second kappa shape index (κ2) is 5.57. The van der Waals surface area contributed by atoms with Crippen LogP contribution in [0.3, 0.4) is 0 Å². The van der Waals surface area contributed by atoms with Crippen molar-refractivity contribution in [2.24, 2.45) is 0 Å². The summed E-state index contributed by atoms with van der Waals surface area (Å²) < 4.78 is 5.57. The largest absolute Gasteiger partial charge is 0.493 e. The Morgan fingerprint density at radius 2 is 1.58 bits per heavy atom. The summed E-state index contributed by atoms with van der Waals surface area (Å²) >= 11 is 0. The highest BCUT2D eigenvalue weighted by molar-refractivity contribution is 5.66. The number of benzene rings is 2. The van der Waals surface area contributed by atoms with E-state index in [0.29, 0.717) is 0 Å². The van der Waals surface area contributed by atoms with Gasteiger partial charge in [-0.2, -0.15) is 0 Å². The summed E-state index contributed by atoms with van der Waals surface area (Å²) in [5.74, 6) is 0.943. The molecule has 1 nitrogen and oxygen atoms in total. The van der Waals surface area contributed by atoms with Gasteiger partial charge in [0.15, 0.2) is 0 Å². The average molecular weight is 248 g/mol. The highest BCUT2D eigenvalue weighted by Gasteiger charge is 2.00. The van der Waals surface area contributed by atoms with Crippen molar-refractivity contribution in [1.82, 2.24) is 0 Å². The molecule has 0 atom stereocenters. The molecule has 1 heteroatoms.